The Morgan fingerprint density at radius 3 is 2.40 bits per heavy atom. The number of hydrogen-bond donors (Lipinski definition) is 1. The summed E-state index contributed by atoms with van der Waals surface area (Å²) in [5.74, 6) is 0.962. The largest absolute Gasteiger partial charge is 0.330 e. The van der Waals surface area contributed by atoms with E-state index in [0.717, 1.165) is 5.75 Å². The molecule has 1 nitrogen and oxygen atoms in total. The molecule has 0 aromatic heterocycles. The van der Waals surface area contributed by atoms with E-state index < -0.39 is 0 Å². The van der Waals surface area contributed by atoms with E-state index in [-0.39, 0.29) is 0 Å². The first-order valence-corrected chi connectivity index (χ1v) is 7.86. The molecule has 0 radical (unpaired) electrons. The van der Waals surface area contributed by atoms with Gasteiger partial charge in [0.05, 0.1) is 0 Å². The summed E-state index contributed by atoms with van der Waals surface area (Å²) in [6.45, 7) is 5.02. The van der Waals surface area contributed by atoms with Crippen LogP contribution in [0.1, 0.15) is 22.3 Å². The number of nitrogens with two attached hydrogens (primary N) is 1. The summed E-state index contributed by atoms with van der Waals surface area (Å²) < 4.78 is 0. The van der Waals surface area contributed by atoms with Crippen LogP contribution in [0, 0.1) is 13.8 Å². The number of benzene rings is 2. The van der Waals surface area contributed by atoms with Crippen molar-refractivity contribution < 1.29 is 0 Å². The molecule has 0 saturated carbocycles. The van der Waals surface area contributed by atoms with E-state index in [2.05, 4.69) is 68.5 Å². The zero-order chi connectivity index (χ0) is 14.4. The second kappa shape index (κ2) is 7.32. The van der Waals surface area contributed by atoms with Gasteiger partial charge >= 0.3 is 0 Å². The lowest BCUT2D eigenvalue weighted by Crippen LogP contribution is -2.00. The van der Waals surface area contributed by atoms with Crippen molar-refractivity contribution in [2.24, 2.45) is 5.73 Å². The maximum Gasteiger partial charge on any atom is 0.0103 e. The second-order valence-electron chi connectivity index (χ2n) is 4.85. The van der Waals surface area contributed by atoms with E-state index in [9.17, 15) is 0 Å². The van der Waals surface area contributed by atoms with Crippen LogP contribution in [0.3, 0.4) is 0 Å². The predicted molar refractivity (Wildman–Crippen MR) is 91.1 cm³/mol. The predicted octanol–water partition coefficient (Wildman–Crippen LogP) is 4.52. The summed E-state index contributed by atoms with van der Waals surface area (Å²) >= 11 is 1.80. The van der Waals surface area contributed by atoms with Crippen LogP contribution >= 0.6 is 11.8 Å². The van der Waals surface area contributed by atoms with Crippen molar-refractivity contribution in [3.63, 3.8) is 0 Å². The van der Waals surface area contributed by atoms with Crippen LogP contribution in [0.4, 0.5) is 0 Å². The van der Waals surface area contributed by atoms with Gasteiger partial charge in [0.2, 0.25) is 0 Å². The first kappa shape index (κ1) is 14.9. The van der Waals surface area contributed by atoms with Crippen molar-refractivity contribution in [3.8, 4) is 0 Å². The molecular weight excluding hydrogens is 262 g/mol. The molecule has 0 atom stereocenters. The molecule has 0 bridgehead atoms. The average molecular weight is 283 g/mol. The molecule has 0 spiro atoms. The third-order valence-corrected chi connectivity index (χ3v) is 4.26. The number of thioether (sulfide) groups is 1. The third kappa shape index (κ3) is 3.99. The molecular formula is C18H21NS. The SMILES string of the molecule is Cc1cccc(C)c1C=Cc1cccc(SCCN)c1. The number of aryl methyl sites for hydroxylation is 2. The van der Waals surface area contributed by atoms with Crippen LogP contribution in [0.5, 0.6) is 0 Å². The van der Waals surface area contributed by atoms with Crippen molar-refractivity contribution >= 4 is 23.9 Å². The van der Waals surface area contributed by atoms with Crippen LogP contribution in [0.15, 0.2) is 47.4 Å². The summed E-state index contributed by atoms with van der Waals surface area (Å²) in [5, 5.41) is 0. The highest BCUT2D eigenvalue weighted by Crippen LogP contribution is 2.21. The van der Waals surface area contributed by atoms with Gasteiger partial charge in [-0.1, -0.05) is 42.5 Å². The molecule has 0 amide bonds. The molecule has 0 heterocycles. The molecule has 0 aliphatic carbocycles. The standard InChI is InChI=1S/C18H21NS/c1-14-5-3-6-15(2)18(14)10-9-16-7-4-8-17(13-16)20-12-11-19/h3-10,13H,11-12,19H2,1-2H3. The van der Waals surface area contributed by atoms with Crippen molar-refractivity contribution in [2.45, 2.75) is 18.7 Å². The van der Waals surface area contributed by atoms with Gasteiger partial charge in [0.1, 0.15) is 0 Å². The summed E-state index contributed by atoms with van der Waals surface area (Å²) in [5.41, 5.74) is 10.7. The normalized spacial score (nSPS) is 11.2. The van der Waals surface area contributed by atoms with Crippen LogP contribution < -0.4 is 5.73 Å². The van der Waals surface area contributed by atoms with Crippen LogP contribution in [0.2, 0.25) is 0 Å². The van der Waals surface area contributed by atoms with E-state index in [0.29, 0.717) is 6.54 Å². The van der Waals surface area contributed by atoms with E-state index >= 15 is 0 Å². The maximum atomic E-state index is 5.55. The zero-order valence-electron chi connectivity index (χ0n) is 12.1. The van der Waals surface area contributed by atoms with Crippen LogP contribution in [0.25, 0.3) is 12.2 Å². The first-order valence-electron chi connectivity index (χ1n) is 6.88. The Bertz CT molecular complexity index is 582. The molecule has 2 N–H and O–H groups in total. The van der Waals surface area contributed by atoms with Crippen molar-refractivity contribution in [2.75, 3.05) is 12.3 Å². The van der Waals surface area contributed by atoms with Gasteiger partial charge in [-0.05, 0) is 48.2 Å². The summed E-state index contributed by atoms with van der Waals surface area (Å²) in [4.78, 5) is 1.28. The fourth-order valence-corrected chi connectivity index (χ4v) is 2.90. The van der Waals surface area contributed by atoms with E-state index in [4.69, 9.17) is 5.73 Å². The van der Waals surface area contributed by atoms with Gasteiger partial charge < -0.3 is 5.73 Å². The average Bonchev–Trinajstić information content (AvgIpc) is 2.45. The highest BCUT2D eigenvalue weighted by molar-refractivity contribution is 7.99. The lowest BCUT2D eigenvalue weighted by Gasteiger charge is -2.05. The Kier molecular flexibility index (Phi) is 5.45. The smallest absolute Gasteiger partial charge is 0.0103 e. The quantitative estimate of drug-likeness (QED) is 0.644. The highest BCUT2D eigenvalue weighted by Gasteiger charge is 1.98. The maximum absolute atomic E-state index is 5.55. The van der Waals surface area contributed by atoms with Gasteiger partial charge in [-0.2, -0.15) is 0 Å². The van der Waals surface area contributed by atoms with Crippen molar-refractivity contribution in [3.05, 3.63) is 64.7 Å². The topological polar surface area (TPSA) is 26.0 Å². The van der Waals surface area contributed by atoms with Gasteiger partial charge in [0, 0.05) is 17.2 Å². The summed E-state index contributed by atoms with van der Waals surface area (Å²) in [7, 11) is 0. The fourth-order valence-electron chi connectivity index (χ4n) is 2.15. The third-order valence-electron chi connectivity index (χ3n) is 3.23. The van der Waals surface area contributed by atoms with E-state index in [1.807, 2.05) is 0 Å². The number of hydrogen-bond acceptors (Lipinski definition) is 2. The molecule has 20 heavy (non-hydrogen) atoms. The highest BCUT2D eigenvalue weighted by atomic mass is 32.2. The molecule has 2 rings (SSSR count). The minimum Gasteiger partial charge on any atom is -0.330 e. The van der Waals surface area contributed by atoms with E-state index in [1.165, 1.54) is 27.1 Å². The number of rotatable bonds is 5. The fraction of sp³-hybridized carbons (Fsp3) is 0.222. The molecule has 2 aromatic carbocycles. The minimum absolute atomic E-state index is 0.715. The molecule has 0 saturated heterocycles. The summed E-state index contributed by atoms with van der Waals surface area (Å²) in [6, 6.07) is 15.0. The molecule has 2 heteroatoms. The molecule has 2 aromatic rings. The van der Waals surface area contributed by atoms with Gasteiger partial charge in [-0.25, -0.2) is 0 Å². The van der Waals surface area contributed by atoms with Gasteiger partial charge in [-0.15, -0.1) is 11.8 Å². The Hall–Kier alpha value is -1.51. The summed E-state index contributed by atoms with van der Waals surface area (Å²) in [6.07, 6.45) is 4.39. The molecule has 0 aliphatic rings. The van der Waals surface area contributed by atoms with Crippen LogP contribution in [-0.2, 0) is 0 Å². The molecule has 0 aliphatic heterocycles. The first-order chi connectivity index (χ1) is 9.70. The molecule has 104 valence electrons. The zero-order valence-corrected chi connectivity index (χ0v) is 12.9. The lowest BCUT2D eigenvalue weighted by molar-refractivity contribution is 1.15. The van der Waals surface area contributed by atoms with E-state index in [1.54, 1.807) is 11.8 Å². The van der Waals surface area contributed by atoms with Gasteiger partial charge in [-0.3, -0.25) is 0 Å². The van der Waals surface area contributed by atoms with Crippen molar-refractivity contribution in [1.82, 2.24) is 0 Å². The monoisotopic (exact) mass is 283 g/mol. The van der Waals surface area contributed by atoms with Crippen LogP contribution in [-0.4, -0.2) is 12.3 Å². The Balaban J connectivity index is 2.19. The lowest BCUT2D eigenvalue weighted by atomic mass is 10.0. The Morgan fingerprint density at radius 2 is 1.70 bits per heavy atom. The Labute approximate surface area is 125 Å². The Morgan fingerprint density at radius 1 is 1.00 bits per heavy atom. The van der Waals surface area contributed by atoms with Gasteiger partial charge in [0.15, 0.2) is 0 Å². The second-order valence-corrected chi connectivity index (χ2v) is 6.02. The molecule has 0 unspecified atom stereocenters. The van der Waals surface area contributed by atoms with Gasteiger partial charge in [0.25, 0.3) is 0 Å². The minimum atomic E-state index is 0.715. The molecule has 0 fully saturated rings. The van der Waals surface area contributed by atoms with Crippen molar-refractivity contribution in [1.29, 1.82) is 0 Å².